The minimum atomic E-state index is -0.490. The van der Waals surface area contributed by atoms with Gasteiger partial charge in [-0.1, -0.05) is 16.8 Å². The van der Waals surface area contributed by atoms with Gasteiger partial charge in [-0.15, -0.1) is 0 Å². The third kappa shape index (κ3) is 2.65. The number of hydrogen-bond donors (Lipinski definition) is 0. The molecule has 0 radical (unpaired) electrons. The zero-order valence-electron chi connectivity index (χ0n) is 9.31. The van der Waals surface area contributed by atoms with Gasteiger partial charge >= 0.3 is 5.97 Å². The summed E-state index contributed by atoms with van der Waals surface area (Å²) in [5.41, 5.74) is 0.429. The lowest BCUT2D eigenvalue weighted by Crippen LogP contribution is -2.04. The van der Waals surface area contributed by atoms with Crippen LogP contribution in [0, 0.1) is 5.82 Å². The maximum atomic E-state index is 12.9. The minimum absolute atomic E-state index is 0.109. The van der Waals surface area contributed by atoms with E-state index in [1.165, 1.54) is 19.2 Å². The van der Waals surface area contributed by atoms with Crippen molar-refractivity contribution in [1.29, 1.82) is 0 Å². The Kier molecular flexibility index (Phi) is 3.57. The van der Waals surface area contributed by atoms with Crippen molar-refractivity contribution < 1.29 is 18.4 Å². The average Bonchev–Trinajstić information content (AvgIpc) is 2.77. The summed E-state index contributed by atoms with van der Waals surface area (Å²) in [6.45, 7) is 0. The fraction of sp³-hybridized carbons (Fsp3) is 0.182. The topological polar surface area (TPSA) is 65.2 Å². The van der Waals surface area contributed by atoms with Crippen LogP contribution in [0.4, 0.5) is 4.39 Å². The van der Waals surface area contributed by atoms with Gasteiger partial charge in [0.2, 0.25) is 11.7 Å². The van der Waals surface area contributed by atoms with E-state index in [0.717, 1.165) is 6.07 Å². The Labute approximate surface area is 107 Å². The van der Waals surface area contributed by atoms with Gasteiger partial charge in [0.15, 0.2) is 0 Å². The van der Waals surface area contributed by atoms with E-state index in [-0.39, 0.29) is 23.2 Å². The predicted octanol–water partition coefficient (Wildman–Crippen LogP) is 2.24. The molecule has 0 spiro atoms. The van der Waals surface area contributed by atoms with Crippen LogP contribution in [0.1, 0.15) is 5.89 Å². The normalized spacial score (nSPS) is 10.4. The predicted molar refractivity (Wildman–Crippen MR) is 60.4 cm³/mol. The van der Waals surface area contributed by atoms with E-state index < -0.39 is 11.8 Å². The van der Waals surface area contributed by atoms with Gasteiger partial charge in [0, 0.05) is 5.56 Å². The largest absolute Gasteiger partial charge is 0.469 e. The summed E-state index contributed by atoms with van der Waals surface area (Å²) in [4.78, 5) is 15.0. The molecular formula is C11H8ClFN2O3. The molecular weight excluding hydrogens is 263 g/mol. The lowest BCUT2D eigenvalue weighted by molar-refractivity contribution is -0.140. The van der Waals surface area contributed by atoms with Crippen LogP contribution in [0.5, 0.6) is 0 Å². The summed E-state index contributed by atoms with van der Waals surface area (Å²) in [5.74, 6) is -0.645. The Hall–Kier alpha value is -1.95. The summed E-state index contributed by atoms with van der Waals surface area (Å²) >= 11 is 5.85. The Morgan fingerprint density at radius 2 is 2.33 bits per heavy atom. The van der Waals surface area contributed by atoms with Gasteiger partial charge in [-0.3, -0.25) is 4.79 Å². The second-order valence-corrected chi connectivity index (χ2v) is 3.80. The number of hydrogen-bond acceptors (Lipinski definition) is 5. The molecule has 0 N–H and O–H groups in total. The molecule has 0 bridgehead atoms. The van der Waals surface area contributed by atoms with Gasteiger partial charge in [0.1, 0.15) is 12.2 Å². The van der Waals surface area contributed by atoms with Crippen molar-refractivity contribution in [1.82, 2.24) is 10.1 Å². The molecule has 0 unspecified atom stereocenters. The monoisotopic (exact) mass is 270 g/mol. The summed E-state index contributed by atoms with van der Waals surface area (Å²) in [7, 11) is 1.26. The van der Waals surface area contributed by atoms with Crippen LogP contribution in [0.2, 0.25) is 5.02 Å². The highest BCUT2D eigenvalue weighted by atomic mass is 35.5. The minimum Gasteiger partial charge on any atom is -0.469 e. The van der Waals surface area contributed by atoms with Crippen LogP contribution in [-0.4, -0.2) is 23.2 Å². The first-order valence-electron chi connectivity index (χ1n) is 4.95. The molecule has 1 aromatic carbocycles. The molecule has 94 valence electrons. The molecule has 1 aromatic heterocycles. The number of carbonyl (C=O) groups excluding carboxylic acids is 1. The third-order valence-corrected chi connectivity index (χ3v) is 2.48. The molecule has 18 heavy (non-hydrogen) atoms. The lowest BCUT2D eigenvalue weighted by Gasteiger charge is -1.97. The number of carbonyl (C=O) groups is 1. The highest BCUT2D eigenvalue weighted by Gasteiger charge is 2.14. The Morgan fingerprint density at radius 3 is 3.00 bits per heavy atom. The maximum Gasteiger partial charge on any atom is 0.315 e. The standard InChI is InChI=1S/C11H8ClFN2O3/c1-17-10(16)5-9-14-11(15-18-9)7-3-2-6(13)4-8(7)12/h2-4H,5H2,1H3. The van der Waals surface area contributed by atoms with Crippen LogP contribution in [0.25, 0.3) is 11.4 Å². The van der Waals surface area contributed by atoms with Crippen LogP contribution < -0.4 is 0 Å². The lowest BCUT2D eigenvalue weighted by atomic mass is 10.2. The SMILES string of the molecule is COC(=O)Cc1nc(-c2ccc(F)cc2Cl)no1. The number of ether oxygens (including phenoxy) is 1. The zero-order chi connectivity index (χ0) is 13.1. The van der Waals surface area contributed by atoms with Crippen molar-refractivity contribution in [3.05, 3.63) is 34.9 Å². The third-order valence-electron chi connectivity index (χ3n) is 2.16. The molecule has 5 nitrogen and oxygen atoms in total. The highest BCUT2D eigenvalue weighted by Crippen LogP contribution is 2.26. The first-order valence-corrected chi connectivity index (χ1v) is 5.33. The van der Waals surface area contributed by atoms with Crippen LogP contribution >= 0.6 is 11.6 Å². The van der Waals surface area contributed by atoms with Crippen molar-refractivity contribution >= 4 is 17.6 Å². The quantitative estimate of drug-likeness (QED) is 0.800. The van der Waals surface area contributed by atoms with Crippen molar-refractivity contribution in [3.63, 3.8) is 0 Å². The number of halogens is 2. The van der Waals surface area contributed by atoms with E-state index in [2.05, 4.69) is 14.9 Å². The van der Waals surface area contributed by atoms with Gasteiger partial charge in [-0.2, -0.15) is 4.98 Å². The van der Waals surface area contributed by atoms with Crippen molar-refractivity contribution in [3.8, 4) is 11.4 Å². The van der Waals surface area contributed by atoms with Gasteiger partial charge in [-0.25, -0.2) is 4.39 Å². The van der Waals surface area contributed by atoms with E-state index in [9.17, 15) is 9.18 Å². The van der Waals surface area contributed by atoms with E-state index in [1.807, 2.05) is 0 Å². The highest BCUT2D eigenvalue weighted by molar-refractivity contribution is 6.33. The van der Waals surface area contributed by atoms with Gasteiger partial charge in [0.25, 0.3) is 0 Å². The molecule has 2 rings (SSSR count). The van der Waals surface area contributed by atoms with E-state index in [4.69, 9.17) is 16.1 Å². The molecule has 0 aliphatic rings. The van der Waals surface area contributed by atoms with Crippen molar-refractivity contribution in [2.75, 3.05) is 7.11 Å². The molecule has 0 aliphatic heterocycles. The first kappa shape index (κ1) is 12.5. The maximum absolute atomic E-state index is 12.9. The van der Waals surface area contributed by atoms with Crippen LogP contribution in [0.3, 0.4) is 0 Å². The van der Waals surface area contributed by atoms with Crippen molar-refractivity contribution in [2.24, 2.45) is 0 Å². The summed E-state index contributed by atoms with van der Waals surface area (Å²) < 4.78 is 22.2. The Morgan fingerprint density at radius 1 is 1.56 bits per heavy atom. The second-order valence-electron chi connectivity index (χ2n) is 3.39. The van der Waals surface area contributed by atoms with Gasteiger partial charge < -0.3 is 9.26 Å². The zero-order valence-corrected chi connectivity index (χ0v) is 10.1. The number of esters is 1. The van der Waals surface area contributed by atoms with Gasteiger partial charge in [0.05, 0.1) is 12.1 Å². The molecule has 0 atom stereocenters. The van der Waals surface area contributed by atoms with Gasteiger partial charge in [-0.05, 0) is 18.2 Å². The number of methoxy groups -OCH3 is 1. The van der Waals surface area contributed by atoms with E-state index in [1.54, 1.807) is 0 Å². The molecule has 0 saturated carbocycles. The summed E-state index contributed by atoms with van der Waals surface area (Å²) in [6, 6.07) is 3.81. The Bertz CT molecular complexity index is 585. The molecule has 1 heterocycles. The van der Waals surface area contributed by atoms with Crippen LogP contribution in [-0.2, 0) is 16.0 Å². The molecule has 0 amide bonds. The number of rotatable bonds is 3. The summed E-state index contributed by atoms with van der Waals surface area (Å²) in [6.07, 6.45) is -0.123. The van der Waals surface area contributed by atoms with E-state index >= 15 is 0 Å². The average molecular weight is 271 g/mol. The summed E-state index contributed by atoms with van der Waals surface area (Å²) in [5, 5.41) is 3.83. The first-order chi connectivity index (χ1) is 8.60. The fourth-order valence-electron chi connectivity index (χ4n) is 1.30. The molecule has 0 fully saturated rings. The molecule has 0 saturated heterocycles. The smallest absolute Gasteiger partial charge is 0.315 e. The number of aromatic nitrogens is 2. The molecule has 2 aromatic rings. The fourth-order valence-corrected chi connectivity index (χ4v) is 1.55. The number of benzene rings is 1. The second kappa shape index (κ2) is 5.14. The van der Waals surface area contributed by atoms with E-state index in [0.29, 0.717) is 5.56 Å². The van der Waals surface area contributed by atoms with Crippen molar-refractivity contribution in [2.45, 2.75) is 6.42 Å². The number of nitrogens with zero attached hydrogens (tertiary/aromatic N) is 2. The Balaban J connectivity index is 2.26. The molecule has 7 heteroatoms. The van der Waals surface area contributed by atoms with Crippen LogP contribution in [0.15, 0.2) is 22.7 Å². The molecule has 0 aliphatic carbocycles.